The number of amides is 1. The van der Waals surface area contributed by atoms with Crippen LogP contribution in [0, 0.1) is 0 Å². The number of aromatic nitrogens is 1. The summed E-state index contributed by atoms with van der Waals surface area (Å²) < 4.78 is 1.86. The second-order valence-electron chi connectivity index (χ2n) is 3.26. The Morgan fingerprint density at radius 1 is 1.57 bits per heavy atom. The van der Waals surface area contributed by atoms with Gasteiger partial charge in [-0.3, -0.25) is 4.79 Å². The summed E-state index contributed by atoms with van der Waals surface area (Å²) in [4.78, 5) is 13.5. The molecule has 1 aromatic rings. The lowest BCUT2D eigenvalue weighted by Crippen LogP contribution is -2.28. The molecular formula is C10H17N3O. The van der Waals surface area contributed by atoms with Crippen LogP contribution in [0.4, 0.5) is 5.69 Å². The molecule has 0 aliphatic rings. The fraction of sp³-hybridized carbons (Fsp3) is 0.500. The van der Waals surface area contributed by atoms with Gasteiger partial charge in [0.05, 0.1) is 5.69 Å². The topological polar surface area (TPSA) is 51.3 Å². The van der Waals surface area contributed by atoms with E-state index < -0.39 is 0 Å². The summed E-state index contributed by atoms with van der Waals surface area (Å²) in [6, 6.07) is 1.72. The first kappa shape index (κ1) is 10.6. The summed E-state index contributed by atoms with van der Waals surface area (Å²) in [6.07, 6.45) is 1.79. The molecule has 0 bridgehead atoms. The van der Waals surface area contributed by atoms with Crippen molar-refractivity contribution in [2.45, 2.75) is 20.4 Å². The number of carbonyl (C=O) groups is 1. The lowest BCUT2D eigenvalue weighted by molar-refractivity contribution is 0.0792. The molecule has 0 radical (unpaired) electrons. The van der Waals surface area contributed by atoms with Gasteiger partial charge in [0.15, 0.2) is 0 Å². The molecule has 0 saturated heterocycles. The number of hydrogen-bond donors (Lipinski definition) is 1. The van der Waals surface area contributed by atoms with E-state index in [9.17, 15) is 4.79 Å². The minimum atomic E-state index is 0.0195. The molecule has 0 spiro atoms. The summed E-state index contributed by atoms with van der Waals surface area (Å²) in [5.74, 6) is 0.0195. The van der Waals surface area contributed by atoms with Gasteiger partial charge in [-0.15, -0.1) is 0 Å². The highest BCUT2D eigenvalue weighted by Gasteiger charge is 2.14. The zero-order chi connectivity index (χ0) is 10.7. The minimum absolute atomic E-state index is 0.0195. The van der Waals surface area contributed by atoms with Crippen LogP contribution in [0.3, 0.4) is 0 Å². The Morgan fingerprint density at radius 3 is 2.71 bits per heavy atom. The average Bonchev–Trinajstić information content (AvgIpc) is 2.57. The molecule has 0 atom stereocenters. The maximum absolute atomic E-state index is 11.8. The van der Waals surface area contributed by atoms with E-state index in [1.54, 1.807) is 24.2 Å². The van der Waals surface area contributed by atoms with Crippen LogP contribution in [-0.2, 0) is 6.54 Å². The molecule has 1 heterocycles. The number of nitrogens with two attached hydrogens (primary N) is 1. The number of aryl methyl sites for hydroxylation is 1. The van der Waals surface area contributed by atoms with Gasteiger partial charge in [-0.2, -0.15) is 0 Å². The molecule has 0 unspecified atom stereocenters. The predicted molar refractivity (Wildman–Crippen MR) is 57.2 cm³/mol. The Kier molecular flexibility index (Phi) is 3.17. The van der Waals surface area contributed by atoms with Crippen molar-refractivity contribution in [1.29, 1.82) is 0 Å². The van der Waals surface area contributed by atoms with E-state index in [0.717, 1.165) is 6.54 Å². The minimum Gasteiger partial charge on any atom is -0.397 e. The molecule has 0 fully saturated rings. The summed E-state index contributed by atoms with van der Waals surface area (Å²) in [5, 5.41) is 0. The van der Waals surface area contributed by atoms with E-state index in [1.165, 1.54) is 0 Å². The zero-order valence-electron chi connectivity index (χ0n) is 8.95. The monoisotopic (exact) mass is 195 g/mol. The Hall–Kier alpha value is -1.45. The first-order chi connectivity index (χ1) is 6.60. The Morgan fingerprint density at radius 2 is 2.21 bits per heavy atom. The quantitative estimate of drug-likeness (QED) is 0.787. The first-order valence-electron chi connectivity index (χ1n) is 4.81. The van der Waals surface area contributed by atoms with E-state index in [-0.39, 0.29) is 5.91 Å². The third-order valence-corrected chi connectivity index (χ3v) is 2.30. The fourth-order valence-corrected chi connectivity index (χ4v) is 1.31. The predicted octanol–water partition coefficient (Wildman–Crippen LogP) is 1.18. The maximum Gasteiger partial charge on any atom is 0.270 e. The van der Waals surface area contributed by atoms with E-state index in [4.69, 9.17) is 5.73 Å². The second kappa shape index (κ2) is 4.17. The highest BCUT2D eigenvalue weighted by Crippen LogP contribution is 2.12. The molecular weight excluding hydrogens is 178 g/mol. The molecule has 78 valence electrons. The van der Waals surface area contributed by atoms with Crippen LogP contribution in [-0.4, -0.2) is 29.0 Å². The summed E-state index contributed by atoms with van der Waals surface area (Å²) in [5.41, 5.74) is 6.94. The lowest BCUT2D eigenvalue weighted by atomic mass is 10.3. The van der Waals surface area contributed by atoms with Gasteiger partial charge in [-0.25, -0.2) is 0 Å². The second-order valence-corrected chi connectivity index (χ2v) is 3.26. The third kappa shape index (κ3) is 1.89. The van der Waals surface area contributed by atoms with Gasteiger partial charge >= 0.3 is 0 Å². The Labute approximate surface area is 84.3 Å². The number of nitrogens with zero attached hydrogens (tertiary/aromatic N) is 2. The van der Waals surface area contributed by atoms with Gasteiger partial charge in [-0.05, 0) is 19.9 Å². The van der Waals surface area contributed by atoms with Crippen LogP contribution < -0.4 is 5.73 Å². The van der Waals surface area contributed by atoms with Crippen LogP contribution in [0.1, 0.15) is 24.3 Å². The van der Waals surface area contributed by atoms with Gasteiger partial charge in [0.25, 0.3) is 5.91 Å². The van der Waals surface area contributed by atoms with Crippen molar-refractivity contribution in [3.05, 3.63) is 18.0 Å². The largest absolute Gasteiger partial charge is 0.397 e. The zero-order valence-corrected chi connectivity index (χ0v) is 8.95. The molecule has 2 N–H and O–H groups in total. The number of hydrogen-bond acceptors (Lipinski definition) is 2. The first-order valence-corrected chi connectivity index (χ1v) is 4.81. The van der Waals surface area contributed by atoms with E-state index >= 15 is 0 Å². The molecule has 0 aromatic carbocycles. The van der Waals surface area contributed by atoms with Crippen molar-refractivity contribution in [1.82, 2.24) is 9.47 Å². The number of nitrogen functional groups attached to an aromatic ring is 1. The van der Waals surface area contributed by atoms with Crippen molar-refractivity contribution < 1.29 is 4.79 Å². The smallest absolute Gasteiger partial charge is 0.270 e. The molecule has 14 heavy (non-hydrogen) atoms. The van der Waals surface area contributed by atoms with E-state index in [2.05, 4.69) is 0 Å². The normalized spacial score (nSPS) is 10.2. The van der Waals surface area contributed by atoms with Gasteiger partial charge in [-0.1, -0.05) is 0 Å². The van der Waals surface area contributed by atoms with Gasteiger partial charge in [0.2, 0.25) is 0 Å². The lowest BCUT2D eigenvalue weighted by Gasteiger charge is -2.15. The molecule has 1 aromatic heterocycles. The number of rotatable bonds is 3. The van der Waals surface area contributed by atoms with Crippen LogP contribution in [0.15, 0.2) is 12.3 Å². The Balaban J connectivity index is 2.99. The van der Waals surface area contributed by atoms with Crippen molar-refractivity contribution in [3.63, 3.8) is 0 Å². The van der Waals surface area contributed by atoms with E-state index in [0.29, 0.717) is 17.9 Å². The Bertz CT molecular complexity index is 330. The average molecular weight is 195 g/mol. The van der Waals surface area contributed by atoms with Crippen molar-refractivity contribution in [3.8, 4) is 0 Å². The molecule has 4 nitrogen and oxygen atoms in total. The third-order valence-electron chi connectivity index (χ3n) is 2.30. The molecule has 1 rings (SSSR count). The number of carbonyl (C=O) groups excluding carboxylic acids is 1. The molecule has 0 saturated carbocycles. The molecule has 4 heteroatoms. The highest BCUT2D eigenvalue weighted by molar-refractivity contribution is 5.93. The van der Waals surface area contributed by atoms with Gasteiger partial charge in [0.1, 0.15) is 5.69 Å². The van der Waals surface area contributed by atoms with E-state index in [1.807, 2.05) is 18.4 Å². The van der Waals surface area contributed by atoms with Crippen LogP contribution in [0.25, 0.3) is 0 Å². The molecule has 1 amide bonds. The number of anilines is 1. The van der Waals surface area contributed by atoms with Gasteiger partial charge in [0, 0.05) is 26.3 Å². The summed E-state index contributed by atoms with van der Waals surface area (Å²) in [7, 11) is 1.78. The van der Waals surface area contributed by atoms with Crippen molar-refractivity contribution in [2.75, 3.05) is 19.3 Å². The van der Waals surface area contributed by atoms with Gasteiger partial charge < -0.3 is 15.2 Å². The van der Waals surface area contributed by atoms with Crippen LogP contribution in [0.2, 0.25) is 0 Å². The standard InChI is InChI=1S/C10H17N3O/c1-4-12(3)10(14)9-6-8(11)7-13(9)5-2/h6-7H,4-5,11H2,1-3H3. The van der Waals surface area contributed by atoms with Crippen LogP contribution in [0.5, 0.6) is 0 Å². The van der Waals surface area contributed by atoms with Crippen LogP contribution >= 0.6 is 0 Å². The van der Waals surface area contributed by atoms with Crippen molar-refractivity contribution >= 4 is 11.6 Å². The highest BCUT2D eigenvalue weighted by atomic mass is 16.2. The summed E-state index contributed by atoms with van der Waals surface area (Å²) >= 11 is 0. The maximum atomic E-state index is 11.8. The molecule has 0 aliphatic carbocycles. The fourth-order valence-electron chi connectivity index (χ4n) is 1.31. The summed E-state index contributed by atoms with van der Waals surface area (Å²) in [6.45, 7) is 5.39. The SMILES string of the molecule is CCN(C)C(=O)c1cc(N)cn1CC. The molecule has 0 aliphatic heterocycles. The van der Waals surface area contributed by atoms with Crippen molar-refractivity contribution in [2.24, 2.45) is 0 Å².